The van der Waals surface area contributed by atoms with Crippen molar-refractivity contribution in [3.8, 4) is 0 Å². The Morgan fingerprint density at radius 2 is 1.71 bits per heavy atom. The molecule has 4 heterocycles. The molecule has 2 aromatic carbocycles. The number of carbonyl (C=O) groups excluding carboxylic acids is 1. The van der Waals surface area contributed by atoms with E-state index in [9.17, 15) is 15.0 Å². The van der Waals surface area contributed by atoms with E-state index < -0.39 is 6.10 Å². The van der Waals surface area contributed by atoms with E-state index in [2.05, 4.69) is 42.2 Å². The highest BCUT2D eigenvalue weighted by Crippen LogP contribution is 2.42. The number of amides is 1. The van der Waals surface area contributed by atoms with Crippen LogP contribution in [0.3, 0.4) is 0 Å². The van der Waals surface area contributed by atoms with E-state index in [1.165, 1.54) is 11.1 Å². The number of nitrogens with zero attached hydrogens (tertiary/aromatic N) is 2. The first-order chi connectivity index (χ1) is 17.0. The Morgan fingerprint density at radius 3 is 2.37 bits per heavy atom. The number of fused-ring (bicyclic) bond motifs is 1. The molecule has 182 valence electrons. The minimum absolute atomic E-state index is 0.0123. The van der Waals surface area contributed by atoms with Gasteiger partial charge >= 0.3 is 0 Å². The minimum atomic E-state index is -0.948. The van der Waals surface area contributed by atoms with Crippen LogP contribution in [0.15, 0.2) is 84.1 Å². The molecule has 0 aromatic heterocycles. The molecule has 6 heteroatoms. The van der Waals surface area contributed by atoms with Crippen molar-refractivity contribution in [3.63, 3.8) is 0 Å². The van der Waals surface area contributed by atoms with Crippen LogP contribution in [0.2, 0.25) is 0 Å². The topological polar surface area (TPSA) is 73.2 Å². The molecule has 6 bridgehead atoms. The molecule has 0 spiro atoms. The molecular weight excluding hydrogens is 440 g/mol. The second-order valence-corrected chi connectivity index (χ2v) is 10.3. The maximum atomic E-state index is 13.9. The highest BCUT2D eigenvalue weighted by atomic mass is 16.5. The van der Waals surface area contributed by atoms with Gasteiger partial charge in [-0.15, -0.1) is 0 Å². The van der Waals surface area contributed by atoms with Crippen LogP contribution in [0.25, 0.3) is 0 Å². The zero-order valence-corrected chi connectivity index (χ0v) is 19.9. The van der Waals surface area contributed by atoms with Gasteiger partial charge in [0.25, 0.3) is 0 Å². The van der Waals surface area contributed by atoms with Gasteiger partial charge in [-0.1, -0.05) is 66.7 Å². The number of piperazine rings is 1. The molecule has 7 atom stereocenters. The zero-order valence-electron chi connectivity index (χ0n) is 19.9. The van der Waals surface area contributed by atoms with Gasteiger partial charge in [0, 0.05) is 31.0 Å². The molecule has 5 aliphatic rings. The minimum Gasteiger partial charge on any atom is -0.510 e. The predicted molar refractivity (Wildman–Crippen MR) is 133 cm³/mol. The van der Waals surface area contributed by atoms with Crippen molar-refractivity contribution >= 4 is 5.91 Å². The first-order valence-corrected chi connectivity index (χ1v) is 12.6. The largest absolute Gasteiger partial charge is 0.510 e. The molecule has 0 radical (unpaired) electrons. The molecular formula is C29H32N2O4. The quantitative estimate of drug-likeness (QED) is 0.715. The third-order valence-electron chi connectivity index (χ3n) is 8.31. The zero-order chi connectivity index (χ0) is 24.1. The van der Waals surface area contributed by atoms with Crippen molar-refractivity contribution in [2.75, 3.05) is 19.7 Å². The van der Waals surface area contributed by atoms with E-state index in [4.69, 9.17) is 4.74 Å². The third kappa shape index (κ3) is 3.80. The van der Waals surface area contributed by atoms with Gasteiger partial charge in [-0.25, -0.2) is 0 Å². The van der Waals surface area contributed by atoms with E-state index in [1.54, 1.807) is 6.08 Å². The highest BCUT2D eigenvalue weighted by molar-refractivity contribution is 5.85. The average Bonchev–Trinajstić information content (AvgIpc) is 3.03. The lowest BCUT2D eigenvalue weighted by Gasteiger charge is -2.60. The predicted octanol–water partition coefficient (Wildman–Crippen LogP) is 3.25. The van der Waals surface area contributed by atoms with Crippen molar-refractivity contribution in [1.82, 2.24) is 9.80 Å². The monoisotopic (exact) mass is 472 g/mol. The normalized spacial score (nSPS) is 34.1. The van der Waals surface area contributed by atoms with Crippen LogP contribution in [0, 0.1) is 5.92 Å². The van der Waals surface area contributed by atoms with E-state index >= 15 is 0 Å². The molecule has 1 amide bonds. The maximum Gasteiger partial charge on any atom is 0.242 e. The number of aliphatic hydroxyl groups excluding tert-OH is 2. The van der Waals surface area contributed by atoms with Gasteiger partial charge in [0.2, 0.25) is 5.91 Å². The summed E-state index contributed by atoms with van der Waals surface area (Å²) in [6.07, 6.45) is 3.31. The van der Waals surface area contributed by atoms with Crippen LogP contribution in [0.5, 0.6) is 0 Å². The van der Waals surface area contributed by atoms with Crippen molar-refractivity contribution in [3.05, 3.63) is 95.3 Å². The summed E-state index contributed by atoms with van der Waals surface area (Å²) < 4.78 is 6.26. The Bertz CT molecular complexity index is 1110. The first-order valence-electron chi connectivity index (χ1n) is 12.6. The lowest BCUT2D eigenvalue weighted by atomic mass is 9.80. The SMILES string of the molecule is CC1C2OCC3CC=C(C=C(O)C3O)C3CN(CC(c4ccccc4)c4ccccc4)C(=O)[C@H]2N31. The van der Waals surface area contributed by atoms with E-state index in [1.807, 2.05) is 41.3 Å². The Balaban J connectivity index is 1.37. The van der Waals surface area contributed by atoms with E-state index in [-0.39, 0.29) is 47.7 Å². The van der Waals surface area contributed by atoms with Crippen LogP contribution in [0.4, 0.5) is 0 Å². The number of rotatable bonds is 4. The third-order valence-corrected chi connectivity index (χ3v) is 8.31. The molecule has 2 aromatic rings. The smallest absolute Gasteiger partial charge is 0.242 e. The Kier molecular flexibility index (Phi) is 5.75. The summed E-state index contributed by atoms with van der Waals surface area (Å²) in [6, 6.07) is 20.4. The van der Waals surface area contributed by atoms with Gasteiger partial charge < -0.3 is 19.8 Å². The summed E-state index contributed by atoms with van der Waals surface area (Å²) in [5.74, 6) is -0.0698. The van der Waals surface area contributed by atoms with Crippen molar-refractivity contribution in [1.29, 1.82) is 0 Å². The fourth-order valence-corrected chi connectivity index (χ4v) is 6.35. The fourth-order valence-electron chi connectivity index (χ4n) is 6.35. The molecule has 2 saturated heterocycles. The van der Waals surface area contributed by atoms with Gasteiger partial charge in [-0.2, -0.15) is 0 Å². The number of ether oxygens (including phenoxy) is 1. The second kappa shape index (κ2) is 8.94. The number of hydrogen-bond donors (Lipinski definition) is 2. The number of hydrogen-bond acceptors (Lipinski definition) is 5. The summed E-state index contributed by atoms with van der Waals surface area (Å²) >= 11 is 0. The van der Waals surface area contributed by atoms with Crippen molar-refractivity contribution in [2.24, 2.45) is 5.92 Å². The lowest BCUT2D eigenvalue weighted by molar-refractivity contribution is -0.200. The van der Waals surface area contributed by atoms with Crippen LogP contribution >= 0.6 is 0 Å². The Hall–Kier alpha value is -2.93. The summed E-state index contributed by atoms with van der Waals surface area (Å²) in [5, 5.41) is 21.2. The molecule has 35 heavy (non-hydrogen) atoms. The average molecular weight is 473 g/mol. The molecule has 0 saturated carbocycles. The van der Waals surface area contributed by atoms with Gasteiger partial charge in [0.1, 0.15) is 17.9 Å². The summed E-state index contributed by atoms with van der Waals surface area (Å²) in [6.45, 7) is 3.54. The molecule has 4 aliphatic heterocycles. The number of carbonyl (C=O) groups is 1. The highest BCUT2D eigenvalue weighted by Gasteiger charge is 2.58. The van der Waals surface area contributed by atoms with E-state index in [0.717, 1.165) is 5.57 Å². The van der Waals surface area contributed by atoms with Crippen LogP contribution in [-0.4, -0.2) is 75.9 Å². The second-order valence-electron chi connectivity index (χ2n) is 10.3. The number of aliphatic hydroxyl groups is 2. The molecule has 1 aliphatic carbocycles. The van der Waals surface area contributed by atoms with Crippen LogP contribution in [0.1, 0.15) is 30.4 Å². The van der Waals surface area contributed by atoms with Crippen LogP contribution < -0.4 is 0 Å². The first kappa shape index (κ1) is 22.5. The van der Waals surface area contributed by atoms with Crippen molar-refractivity contribution in [2.45, 2.75) is 49.6 Å². The number of allylic oxidation sites excluding steroid dienone is 1. The number of benzene rings is 2. The standard InChI is InChI=1S/C29H32N2O4/c1-18-28-26-29(34)30(15-23(19-8-4-2-5-9-19)20-10-6-3-7-11-20)16-24(31(18)26)21-12-13-22(17-35-28)27(33)25(32)14-21/h2-12,14,18,22-24,26-28,32-33H,13,15-17H2,1H3/t18?,22?,24?,26-,27?,28?/m0/s1. The maximum absolute atomic E-state index is 13.9. The van der Waals surface area contributed by atoms with Gasteiger partial charge in [-0.05, 0) is 36.1 Å². The Morgan fingerprint density at radius 1 is 1.06 bits per heavy atom. The molecule has 2 fully saturated rings. The van der Waals surface area contributed by atoms with Gasteiger partial charge in [0.05, 0.1) is 18.8 Å². The van der Waals surface area contributed by atoms with Gasteiger partial charge in [0.15, 0.2) is 0 Å². The Labute approximate surface area is 206 Å². The van der Waals surface area contributed by atoms with Gasteiger partial charge in [-0.3, -0.25) is 9.69 Å². The van der Waals surface area contributed by atoms with Crippen molar-refractivity contribution < 1.29 is 19.7 Å². The molecule has 6 nitrogen and oxygen atoms in total. The van der Waals surface area contributed by atoms with E-state index in [0.29, 0.717) is 26.1 Å². The molecule has 7 rings (SSSR count). The van der Waals surface area contributed by atoms with Crippen LogP contribution in [-0.2, 0) is 9.53 Å². The lowest BCUT2D eigenvalue weighted by Crippen LogP contribution is -2.79. The summed E-state index contributed by atoms with van der Waals surface area (Å²) in [4.78, 5) is 18.1. The molecule has 6 unspecified atom stereocenters. The summed E-state index contributed by atoms with van der Waals surface area (Å²) in [5.41, 5.74) is 3.34. The summed E-state index contributed by atoms with van der Waals surface area (Å²) in [7, 11) is 0. The fraction of sp³-hybridized carbons (Fsp3) is 0.414. The molecule has 2 N–H and O–H groups in total.